The third-order valence-electron chi connectivity index (χ3n) is 6.40. The lowest BCUT2D eigenvalue weighted by atomic mass is 9.67. The molecule has 2 heterocycles. The van der Waals surface area contributed by atoms with Crippen LogP contribution < -0.4 is 9.80 Å². The predicted molar refractivity (Wildman–Crippen MR) is 121 cm³/mol. The van der Waals surface area contributed by atoms with Crippen LogP contribution in [0.1, 0.15) is 12.8 Å². The summed E-state index contributed by atoms with van der Waals surface area (Å²) in [7, 11) is 0. The number of hydrogen-bond donors (Lipinski definition) is 0. The molecule has 2 aliphatic rings. The Morgan fingerprint density at radius 1 is 0.703 bits per heavy atom. The van der Waals surface area contributed by atoms with Gasteiger partial charge in [0, 0.05) is 37.1 Å². The van der Waals surface area contributed by atoms with Crippen LogP contribution in [0.15, 0.2) is 48.5 Å². The fraction of sp³-hybridized carbons (Fsp3) is 0.217. The van der Waals surface area contributed by atoms with E-state index >= 15 is 0 Å². The zero-order valence-electron chi connectivity index (χ0n) is 18.6. The molecule has 0 radical (unpaired) electrons. The van der Waals surface area contributed by atoms with E-state index in [-0.39, 0.29) is 22.7 Å². The van der Waals surface area contributed by atoms with Crippen molar-refractivity contribution >= 4 is 46.4 Å². The number of nitrogens with zero attached hydrogens (tertiary/aromatic N) is 6. The van der Waals surface area contributed by atoms with Gasteiger partial charge < -0.3 is 0 Å². The van der Waals surface area contributed by atoms with Gasteiger partial charge in [-0.3, -0.25) is 49.2 Å². The summed E-state index contributed by atoms with van der Waals surface area (Å²) in [6.45, 7) is 0. The molecular weight excluding hydrogens is 488 g/mol. The zero-order valence-corrected chi connectivity index (χ0v) is 18.6. The summed E-state index contributed by atoms with van der Waals surface area (Å²) in [5.74, 6) is -6.69. The molecule has 0 bridgehead atoms. The summed E-state index contributed by atoms with van der Waals surface area (Å²) < 4.78 is 0. The Balaban J connectivity index is 1.67. The van der Waals surface area contributed by atoms with E-state index in [9.17, 15) is 49.9 Å². The molecule has 0 saturated carbocycles. The van der Waals surface area contributed by atoms with Gasteiger partial charge in [0.05, 0.1) is 45.2 Å². The monoisotopic (exact) mass is 502 g/mol. The second kappa shape index (κ2) is 8.94. The first-order valence-corrected chi connectivity index (χ1v) is 10.6. The molecule has 0 aromatic heterocycles. The van der Waals surface area contributed by atoms with Crippen molar-refractivity contribution in [2.24, 2.45) is 17.3 Å². The number of amides is 4. The number of hydrogen-bond acceptors (Lipinski definition) is 10. The Kier molecular flexibility index (Phi) is 5.95. The maximum absolute atomic E-state index is 13.3. The van der Waals surface area contributed by atoms with Crippen LogP contribution in [0.3, 0.4) is 0 Å². The summed E-state index contributed by atoms with van der Waals surface area (Å²) in [6.07, 6.45) is -1.21. The van der Waals surface area contributed by atoms with Crippen molar-refractivity contribution in [3.63, 3.8) is 0 Å². The van der Waals surface area contributed by atoms with Crippen molar-refractivity contribution in [2.45, 2.75) is 12.8 Å². The second-order valence-electron chi connectivity index (χ2n) is 8.29. The summed E-state index contributed by atoms with van der Waals surface area (Å²) >= 11 is 0. The van der Waals surface area contributed by atoms with Crippen molar-refractivity contribution < 1.29 is 29.0 Å². The lowest BCUT2D eigenvalue weighted by molar-refractivity contribution is -0.385. The molecule has 0 spiro atoms. The average molecular weight is 502 g/mol. The number of carbonyl (C=O) groups is 4. The SMILES string of the molecule is N#CC(C#N)([C@@H]1CC(=O)N(c2ccc([N+](=O)[O-])cc2)C1=O)[C@@H]1CC(=O)N(c2ccc([N+](=O)[O-])cc2)C1=O. The molecule has 2 aromatic rings. The highest BCUT2D eigenvalue weighted by atomic mass is 16.6. The number of nitro benzene ring substituents is 2. The van der Waals surface area contributed by atoms with Crippen molar-refractivity contribution in [3.05, 3.63) is 68.8 Å². The van der Waals surface area contributed by atoms with Gasteiger partial charge in [0.2, 0.25) is 23.6 Å². The molecule has 2 aliphatic heterocycles. The van der Waals surface area contributed by atoms with Gasteiger partial charge in [0.15, 0.2) is 5.41 Å². The number of imide groups is 2. The molecule has 0 unspecified atom stereocenters. The Morgan fingerprint density at radius 3 is 1.30 bits per heavy atom. The Morgan fingerprint density at radius 2 is 1.03 bits per heavy atom. The normalized spacial score (nSPS) is 19.6. The molecule has 0 aliphatic carbocycles. The largest absolute Gasteiger partial charge is 0.274 e. The molecule has 4 rings (SSSR count). The number of non-ortho nitro benzene ring substituents is 2. The first kappa shape index (κ1) is 24.6. The van der Waals surface area contributed by atoms with Crippen molar-refractivity contribution in [3.8, 4) is 12.1 Å². The fourth-order valence-corrected chi connectivity index (χ4v) is 4.54. The minimum absolute atomic E-state index is 0.0192. The van der Waals surface area contributed by atoms with Gasteiger partial charge in [-0.15, -0.1) is 0 Å². The van der Waals surface area contributed by atoms with E-state index in [1.807, 2.05) is 0 Å². The second-order valence-corrected chi connectivity index (χ2v) is 8.29. The van der Waals surface area contributed by atoms with Gasteiger partial charge in [-0.25, -0.2) is 0 Å². The highest BCUT2D eigenvalue weighted by Crippen LogP contribution is 2.47. The molecule has 2 fully saturated rings. The summed E-state index contributed by atoms with van der Waals surface area (Å²) in [4.78, 5) is 73.9. The van der Waals surface area contributed by atoms with Gasteiger partial charge in [-0.2, -0.15) is 10.5 Å². The molecule has 184 valence electrons. The van der Waals surface area contributed by atoms with Crippen LogP contribution >= 0.6 is 0 Å². The molecule has 4 amide bonds. The molecule has 37 heavy (non-hydrogen) atoms. The third kappa shape index (κ3) is 3.82. The van der Waals surface area contributed by atoms with Crippen LogP contribution in [-0.4, -0.2) is 33.5 Å². The summed E-state index contributed by atoms with van der Waals surface area (Å²) in [5.41, 5.74) is -3.00. The van der Waals surface area contributed by atoms with Gasteiger partial charge in [-0.05, 0) is 24.3 Å². The zero-order chi connectivity index (χ0) is 27.1. The number of anilines is 2. The van der Waals surface area contributed by atoms with Crippen LogP contribution in [0.25, 0.3) is 0 Å². The third-order valence-corrected chi connectivity index (χ3v) is 6.40. The van der Waals surface area contributed by atoms with E-state index in [1.165, 1.54) is 0 Å². The van der Waals surface area contributed by atoms with Crippen LogP contribution in [0, 0.1) is 60.1 Å². The van der Waals surface area contributed by atoms with E-state index in [4.69, 9.17) is 0 Å². The molecular formula is C23H14N6O8. The first-order valence-electron chi connectivity index (χ1n) is 10.6. The van der Waals surface area contributed by atoms with Gasteiger partial charge in [0.25, 0.3) is 11.4 Å². The lowest BCUT2D eigenvalue weighted by Crippen LogP contribution is -2.44. The lowest BCUT2D eigenvalue weighted by Gasteiger charge is -2.28. The smallest absolute Gasteiger partial charge is 0.269 e. The van der Waals surface area contributed by atoms with Crippen LogP contribution in [0.2, 0.25) is 0 Å². The fourth-order valence-electron chi connectivity index (χ4n) is 4.54. The maximum Gasteiger partial charge on any atom is 0.269 e. The molecule has 2 aromatic carbocycles. The van der Waals surface area contributed by atoms with Crippen molar-refractivity contribution in [2.75, 3.05) is 9.80 Å². The van der Waals surface area contributed by atoms with Gasteiger partial charge in [-0.1, -0.05) is 0 Å². The highest BCUT2D eigenvalue weighted by molar-refractivity contribution is 6.24. The topological polar surface area (TPSA) is 209 Å². The number of nitriles is 2. The number of nitro groups is 2. The number of rotatable bonds is 6. The van der Waals surface area contributed by atoms with E-state index in [1.54, 1.807) is 12.1 Å². The minimum atomic E-state index is -2.38. The average Bonchev–Trinajstić information content (AvgIpc) is 3.35. The van der Waals surface area contributed by atoms with Crippen molar-refractivity contribution in [1.82, 2.24) is 0 Å². The van der Waals surface area contributed by atoms with E-state index in [0.29, 0.717) is 9.80 Å². The van der Waals surface area contributed by atoms with Crippen LogP contribution in [0.5, 0.6) is 0 Å². The highest BCUT2D eigenvalue weighted by Gasteiger charge is 2.62. The molecule has 2 saturated heterocycles. The predicted octanol–water partition coefficient (Wildman–Crippen LogP) is 2.00. The summed E-state index contributed by atoms with van der Waals surface area (Å²) in [5, 5.41) is 41.8. The summed E-state index contributed by atoms with van der Waals surface area (Å²) in [6, 6.07) is 12.4. The minimum Gasteiger partial charge on any atom is -0.274 e. The van der Waals surface area contributed by atoms with E-state index < -0.39 is 63.6 Å². The standard InChI is InChI=1S/C23H14N6O8/c24-11-23(12-25,17-9-19(30)26(21(17)32)13-1-5-15(6-2-13)28(34)35)18-10-20(31)27(22(18)33)14-3-7-16(8-4-14)29(36)37/h1-8,17-18H,9-10H2/t17-,18-/m1/s1. The number of carbonyl (C=O) groups excluding carboxylic acids is 4. The molecule has 2 atom stereocenters. The maximum atomic E-state index is 13.3. The molecule has 14 nitrogen and oxygen atoms in total. The number of benzene rings is 2. The van der Waals surface area contributed by atoms with E-state index in [2.05, 4.69) is 0 Å². The van der Waals surface area contributed by atoms with Crippen LogP contribution in [0.4, 0.5) is 22.7 Å². The Labute approximate surface area is 207 Å². The van der Waals surface area contributed by atoms with Gasteiger partial charge >= 0.3 is 0 Å². The Bertz CT molecular complexity index is 1340. The molecule has 0 N–H and O–H groups in total. The molecule has 14 heteroatoms. The van der Waals surface area contributed by atoms with Gasteiger partial charge in [0.1, 0.15) is 0 Å². The Hall–Kier alpha value is -5.50. The van der Waals surface area contributed by atoms with Crippen molar-refractivity contribution in [1.29, 1.82) is 10.5 Å². The van der Waals surface area contributed by atoms with Crippen LogP contribution in [-0.2, 0) is 19.2 Å². The quantitative estimate of drug-likeness (QED) is 0.318. The first-order chi connectivity index (χ1) is 17.5. The van der Waals surface area contributed by atoms with E-state index in [0.717, 1.165) is 48.5 Å².